The summed E-state index contributed by atoms with van der Waals surface area (Å²) in [6.07, 6.45) is -0.653. The normalized spacial score (nSPS) is 13.3. The maximum atomic E-state index is 12.7. The number of hydrogen-bond donors (Lipinski definition) is 2. The topological polar surface area (TPSA) is 67.8 Å². The van der Waals surface area contributed by atoms with Crippen LogP contribution in [0.5, 0.6) is 5.75 Å². The Labute approximate surface area is 234 Å². The zero-order valence-electron chi connectivity index (χ0n) is 21.3. The largest absolute Gasteiger partial charge is 0.487 e. The summed E-state index contributed by atoms with van der Waals surface area (Å²) in [5.74, 6) is 0.285. The van der Waals surface area contributed by atoms with E-state index in [9.17, 15) is 18.0 Å². The molecule has 2 heterocycles. The minimum Gasteiger partial charge on any atom is -0.487 e. The van der Waals surface area contributed by atoms with Gasteiger partial charge in [0.15, 0.2) is 5.11 Å². The Morgan fingerprint density at radius 3 is 2.08 bits per heavy atom. The Hall–Kier alpha value is -4.51. The van der Waals surface area contributed by atoms with Crippen molar-refractivity contribution in [2.75, 3.05) is 35.7 Å². The third kappa shape index (κ3) is 6.04. The molecule has 0 atom stereocenters. The molecule has 11 heteroatoms. The Balaban J connectivity index is 1.16. The van der Waals surface area contributed by atoms with Crippen LogP contribution in [0.3, 0.4) is 0 Å². The molecule has 0 amide bonds. The number of thiocarbonyl (C=S) groups is 1. The fourth-order valence-corrected chi connectivity index (χ4v) is 4.61. The van der Waals surface area contributed by atoms with Crippen molar-refractivity contribution in [1.82, 2.24) is 4.57 Å². The summed E-state index contributed by atoms with van der Waals surface area (Å²) >= 11 is 5.28. The minimum absolute atomic E-state index is 0.0412. The summed E-state index contributed by atoms with van der Waals surface area (Å²) in [4.78, 5) is 14.6. The molecule has 0 radical (unpaired) electrons. The molecule has 1 aliphatic rings. The number of para-hydroxylation sites is 1. The summed E-state index contributed by atoms with van der Waals surface area (Å²) in [5, 5.41) is 6.12. The fraction of sp³-hybridized carbons (Fsp3) is 0.172. The van der Waals surface area contributed by atoms with Crippen LogP contribution in [0, 0.1) is 0 Å². The van der Waals surface area contributed by atoms with E-state index >= 15 is 0 Å². The zero-order valence-corrected chi connectivity index (χ0v) is 22.1. The first-order valence-corrected chi connectivity index (χ1v) is 12.7. The van der Waals surface area contributed by atoms with Gasteiger partial charge in [-0.15, -0.1) is 0 Å². The van der Waals surface area contributed by atoms with E-state index in [1.807, 2.05) is 53.4 Å². The Kier molecular flexibility index (Phi) is 7.65. The van der Waals surface area contributed by atoms with Gasteiger partial charge in [-0.05, 0) is 85.0 Å². The van der Waals surface area contributed by atoms with Gasteiger partial charge >= 0.3 is 12.1 Å². The summed E-state index contributed by atoms with van der Waals surface area (Å²) in [6.45, 7) is 1.28. The van der Waals surface area contributed by atoms with Crippen LogP contribution in [0.15, 0.2) is 91.3 Å². The maximum Gasteiger partial charge on any atom is 0.416 e. The van der Waals surface area contributed by atoms with Crippen LogP contribution in [0.2, 0.25) is 0 Å². The number of halogens is 3. The van der Waals surface area contributed by atoms with E-state index in [4.69, 9.17) is 21.7 Å². The van der Waals surface area contributed by atoms with E-state index in [0.717, 1.165) is 23.5 Å². The third-order valence-corrected chi connectivity index (χ3v) is 6.56. The first-order valence-electron chi connectivity index (χ1n) is 12.3. The van der Waals surface area contributed by atoms with Gasteiger partial charge in [-0.3, -0.25) is 0 Å². The SMILES string of the molecule is COC(=O)c1cccc(N2CC(Oc3ccc(NC(=S)Nc4ccc(C(F)(F)F)cc4)cc3)C2)c1-n1cccc1. The second kappa shape index (κ2) is 11.3. The molecule has 2 N–H and O–H groups in total. The smallest absolute Gasteiger partial charge is 0.416 e. The highest BCUT2D eigenvalue weighted by Crippen LogP contribution is 2.33. The van der Waals surface area contributed by atoms with Crippen molar-refractivity contribution in [2.45, 2.75) is 12.3 Å². The zero-order chi connectivity index (χ0) is 28.3. The quantitative estimate of drug-likeness (QED) is 0.199. The van der Waals surface area contributed by atoms with Crippen molar-refractivity contribution >= 4 is 40.4 Å². The number of carbonyl (C=O) groups is 1. The lowest BCUT2D eigenvalue weighted by atomic mass is 10.1. The van der Waals surface area contributed by atoms with Gasteiger partial charge in [0.25, 0.3) is 0 Å². The van der Waals surface area contributed by atoms with Crippen molar-refractivity contribution in [3.05, 3.63) is 102 Å². The van der Waals surface area contributed by atoms with Crippen LogP contribution in [0.25, 0.3) is 5.69 Å². The predicted molar refractivity (Wildman–Crippen MR) is 151 cm³/mol. The molecule has 3 aromatic carbocycles. The number of alkyl halides is 3. The van der Waals surface area contributed by atoms with E-state index in [0.29, 0.717) is 35.8 Å². The number of carbonyl (C=O) groups excluding carboxylic acids is 1. The van der Waals surface area contributed by atoms with Gasteiger partial charge in [-0.1, -0.05) is 6.07 Å². The highest BCUT2D eigenvalue weighted by molar-refractivity contribution is 7.80. The Morgan fingerprint density at radius 2 is 1.50 bits per heavy atom. The number of esters is 1. The maximum absolute atomic E-state index is 12.7. The second-order valence-corrected chi connectivity index (χ2v) is 9.49. The summed E-state index contributed by atoms with van der Waals surface area (Å²) < 4.78 is 51.2. The highest BCUT2D eigenvalue weighted by Gasteiger charge is 2.32. The van der Waals surface area contributed by atoms with Gasteiger partial charge < -0.3 is 29.6 Å². The van der Waals surface area contributed by atoms with E-state index in [2.05, 4.69) is 15.5 Å². The number of methoxy groups -OCH3 is 1. The molecule has 206 valence electrons. The molecule has 40 heavy (non-hydrogen) atoms. The molecule has 0 saturated carbocycles. The van der Waals surface area contributed by atoms with Gasteiger partial charge in [0.2, 0.25) is 0 Å². The summed E-state index contributed by atoms with van der Waals surface area (Å²) in [6, 6.07) is 21.2. The van der Waals surface area contributed by atoms with E-state index in [1.54, 1.807) is 18.2 Å². The summed E-state index contributed by atoms with van der Waals surface area (Å²) in [7, 11) is 1.37. The van der Waals surface area contributed by atoms with Gasteiger partial charge in [0, 0.05) is 23.8 Å². The monoisotopic (exact) mass is 566 g/mol. The average molecular weight is 567 g/mol. The van der Waals surface area contributed by atoms with Crippen molar-refractivity contribution in [3.8, 4) is 11.4 Å². The van der Waals surface area contributed by atoms with Gasteiger partial charge in [0.1, 0.15) is 11.9 Å². The van der Waals surface area contributed by atoms with Crippen LogP contribution < -0.4 is 20.3 Å². The second-order valence-electron chi connectivity index (χ2n) is 9.08. The lowest BCUT2D eigenvalue weighted by Crippen LogP contribution is -2.54. The standard InChI is InChI=1S/C29H25F3N4O3S/c1-38-27(37)24-5-4-6-25(26(24)35-15-2-3-16-35)36-17-23(18-36)39-22-13-11-21(12-14-22)34-28(40)33-20-9-7-19(8-10-20)29(30,31)32/h2-16,23H,17-18H2,1H3,(H2,33,34,40). The fourth-order valence-electron chi connectivity index (χ4n) is 4.37. The number of hydrogen-bond acceptors (Lipinski definition) is 5. The molecule has 7 nitrogen and oxygen atoms in total. The highest BCUT2D eigenvalue weighted by atomic mass is 32.1. The number of aromatic nitrogens is 1. The molecule has 1 fully saturated rings. The lowest BCUT2D eigenvalue weighted by molar-refractivity contribution is -0.137. The average Bonchev–Trinajstić information content (AvgIpc) is 3.45. The van der Waals surface area contributed by atoms with E-state index in [-0.39, 0.29) is 11.2 Å². The van der Waals surface area contributed by atoms with Crippen LogP contribution in [0.4, 0.5) is 30.2 Å². The molecule has 0 aliphatic carbocycles. The molecular weight excluding hydrogens is 541 g/mol. The van der Waals surface area contributed by atoms with Crippen LogP contribution in [-0.2, 0) is 10.9 Å². The van der Waals surface area contributed by atoms with Crippen molar-refractivity contribution in [1.29, 1.82) is 0 Å². The molecule has 0 spiro atoms. The number of ether oxygens (including phenoxy) is 2. The van der Waals surface area contributed by atoms with Gasteiger partial charge in [-0.2, -0.15) is 13.2 Å². The molecule has 5 rings (SSSR count). The van der Waals surface area contributed by atoms with Gasteiger partial charge in [-0.25, -0.2) is 4.79 Å². The van der Waals surface area contributed by atoms with Crippen LogP contribution >= 0.6 is 12.2 Å². The number of nitrogens with one attached hydrogen (secondary N) is 2. The molecule has 1 saturated heterocycles. The van der Waals surface area contributed by atoms with Crippen molar-refractivity contribution < 1.29 is 27.4 Å². The Morgan fingerprint density at radius 1 is 0.900 bits per heavy atom. The lowest BCUT2D eigenvalue weighted by Gasteiger charge is -2.41. The molecule has 1 aromatic heterocycles. The molecule has 1 aliphatic heterocycles. The number of nitrogens with zero attached hydrogens (tertiary/aromatic N) is 2. The van der Waals surface area contributed by atoms with Gasteiger partial charge in [0.05, 0.1) is 42.7 Å². The Bertz CT molecular complexity index is 1480. The van der Waals surface area contributed by atoms with Crippen molar-refractivity contribution in [2.24, 2.45) is 0 Å². The van der Waals surface area contributed by atoms with Crippen LogP contribution in [0.1, 0.15) is 15.9 Å². The molecular formula is C29H25F3N4O3S. The molecule has 0 unspecified atom stereocenters. The number of benzene rings is 3. The number of anilines is 3. The third-order valence-electron chi connectivity index (χ3n) is 6.36. The van der Waals surface area contributed by atoms with E-state index in [1.165, 1.54) is 19.2 Å². The van der Waals surface area contributed by atoms with E-state index < -0.39 is 17.7 Å². The minimum atomic E-state index is -4.39. The number of rotatable bonds is 7. The first kappa shape index (κ1) is 27.1. The predicted octanol–water partition coefficient (Wildman–Crippen LogP) is 6.36. The van der Waals surface area contributed by atoms with Crippen LogP contribution in [-0.4, -0.2) is 42.0 Å². The van der Waals surface area contributed by atoms with Crippen molar-refractivity contribution in [3.63, 3.8) is 0 Å². The summed E-state index contributed by atoms with van der Waals surface area (Å²) in [5.41, 5.74) is 2.56. The first-order chi connectivity index (χ1) is 19.2. The molecule has 4 aromatic rings. The molecule has 0 bridgehead atoms.